The van der Waals surface area contributed by atoms with Crippen molar-refractivity contribution in [2.24, 2.45) is 0 Å². The van der Waals surface area contributed by atoms with Gasteiger partial charge < -0.3 is 15.0 Å². The first-order valence-electron chi connectivity index (χ1n) is 9.44. The second-order valence-corrected chi connectivity index (χ2v) is 8.59. The summed E-state index contributed by atoms with van der Waals surface area (Å²) in [5.41, 5.74) is 3.01. The molecular weight excluding hydrogens is 500 g/mol. The van der Waals surface area contributed by atoms with E-state index < -0.39 is 6.04 Å². The van der Waals surface area contributed by atoms with E-state index >= 15 is 0 Å². The van der Waals surface area contributed by atoms with Crippen LogP contribution in [0.1, 0.15) is 30.5 Å². The normalized spacial score (nSPS) is 11.7. The molecule has 29 heavy (non-hydrogen) atoms. The molecule has 7 heteroatoms. The van der Waals surface area contributed by atoms with Gasteiger partial charge in [-0.1, -0.05) is 44.0 Å². The molecule has 0 aliphatic carbocycles. The number of nitrogens with one attached hydrogen (secondary N) is 1. The molecule has 0 unspecified atom stereocenters. The third-order valence-electron chi connectivity index (χ3n) is 4.56. The van der Waals surface area contributed by atoms with Crippen molar-refractivity contribution in [3.63, 3.8) is 0 Å². The van der Waals surface area contributed by atoms with Crippen LogP contribution in [-0.4, -0.2) is 35.9 Å². The molecule has 0 heterocycles. The van der Waals surface area contributed by atoms with Gasteiger partial charge in [0.15, 0.2) is 6.61 Å². The van der Waals surface area contributed by atoms with Crippen molar-refractivity contribution in [3.8, 4) is 5.75 Å². The molecule has 0 saturated heterocycles. The van der Waals surface area contributed by atoms with Gasteiger partial charge in [0.25, 0.3) is 5.91 Å². The van der Waals surface area contributed by atoms with Crippen LogP contribution in [0, 0.1) is 13.8 Å². The van der Waals surface area contributed by atoms with Gasteiger partial charge in [0.05, 0.1) is 0 Å². The van der Waals surface area contributed by atoms with Crippen LogP contribution in [0.4, 0.5) is 0 Å². The number of halogens is 2. The minimum absolute atomic E-state index is 0.138. The zero-order valence-corrected chi connectivity index (χ0v) is 20.3. The van der Waals surface area contributed by atoms with Crippen LogP contribution in [0.25, 0.3) is 0 Å². The number of rotatable bonds is 8. The number of nitrogens with zero attached hydrogens (tertiary/aromatic N) is 1. The third-order valence-corrected chi connectivity index (χ3v) is 6.34. The maximum Gasteiger partial charge on any atom is 0.261 e. The molecule has 0 spiro atoms. The average molecular weight is 526 g/mol. The Morgan fingerprint density at radius 3 is 2.24 bits per heavy atom. The van der Waals surface area contributed by atoms with Crippen LogP contribution in [0.3, 0.4) is 0 Å². The fraction of sp³-hybridized carbons (Fsp3) is 0.364. The number of benzene rings is 2. The van der Waals surface area contributed by atoms with Gasteiger partial charge in [-0.25, -0.2) is 0 Å². The van der Waals surface area contributed by atoms with Gasteiger partial charge in [0.2, 0.25) is 5.91 Å². The molecular formula is C22H26Br2N2O3. The zero-order chi connectivity index (χ0) is 21.6. The Morgan fingerprint density at radius 1 is 1.10 bits per heavy atom. The lowest BCUT2D eigenvalue weighted by Crippen LogP contribution is -2.49. The van der Waals surface area contributed by atoms with Crippen LogP contribution < -0.4 is 10.1 Å². The number of aryl methyl sites for hydroxylation is 2. The fourth-order valence-electron chi connectivity index (χ4n) is 2.91. The lowest BCUT2D eigenvalue weighted by atomic mass is 10.1. The Kier molecular flexibility index (Phi) is 8.71. The standard InChI is InChI=1S/C22H26Br2N2O3/c1-5-25-22(28)16(4)26(12-17-6-8-18(23)9-7-17)20(27)13-29-19-10-14(2)21(24)15(3)11-19/h6-11,16H,5,12-13H2,1-4H3,(H,25,28)/t16-/m1/s1. The van der Waals surface area contributed by atoms with Gasteiger partial charge in [-0.15, -0.1) is 0 Å². The summed E-state index contributed by atoms with van der Waals surface area (Å²) in [6, 6.07) is 10.8. The second kappa shape index (κ2) is 10.8. The van der Waals surface area contributed by atoms with E-state index in [2.05, 4.69) is 37.2 Å². The van der Waals surface area contributed by atoms with Crippen molar-refractivity contribution in [3.05, 3.63) is 62.0 Å². The summed E-state index contributed by atoms with van der Waals surface area (Å²) < 4.78 is 7.75. The zero-order valence-electron chi connectivity index (χ0n) is 17.1. The maximum absolute atomic E-state index is 13.0. The van der Waals surface area contributed by atoms with Crippen LogP contribution >= 0.6 is 31.9 Å². The predicted octanol–water partition coefficient (Wildman–Crippen LogP) is 4.76. The molecule has 2 amide bonds. The Labute approximate surface area is 189 Å². The van der Waals surface area contributed by atoms with Crippen molar-refractivity contribution in [1.29, 1.82) is 0 Å². The molecule has 0 bridgehead atoms. The monoisotopic (exact) mass is 524 g/mol. The molecule has 156 valence electrons. The number of ether oxygens (including phenoxy) is 1. The van der Waals surface area contributed by atoms with Gasteiger partial charge >= 0.3 is 0 Å². The van der Waals surface area contributed by atoms with Crippen molar-refractivity contribution in [2.75, 3.05) is 13.2 Å². The molecule has 0 saturated carbocycles. The Morgan fingerprint density at radius 2 is 1.69 bits per heavy atom. The molecule has 2 aromatic rings. The summed E-state index contributed by atoms with van der Waals surface area (Å²) in [4.78, 5) is 26.9. The van der Waals surface area contributed by atoms with Crippen molar-refractivity contribution in [2.45, 2.75) is 40.3 Å². The van der Waals surface area contributed by atoms with Crippen LogP contribution in [0.2, 0.25) is 0 Å². The lowest BCUT2D eigenvalue weighted by molar-refractivity contribution is -0.142. The number of carbonyl (C=O) groups excluding carboxylic acids is 2. The largest absolute Gasteiger partial charge is 0.484 e. The van der Waals surface area contributed by atoms with Crippen LogP contribution in [-0.2, 0) is 16.1 Å². The highest BCUT2D eigenvalue weighted by atomic mass is 79.9. The quantitative estimate of drug-likeness (QED) is 0.540. The van der Waals surface area contributed by atoms with Gasteiger partial charge in [-0.05, 0) is 68.7 Å². The minimum Gasteiger partial charge on any atom is -0.484 e. The average Bonchev–Trinajstić information content (AvgIpc) is 2.69. The topological polar surface area (TPSA) is 58.6 Å². The number of likely N-dealkylation sites (N-methyl/N-ethyl adjacent to an activating group) is 1. The molecule has 0 fully saturated rings. The number of carbonyl (C=O) groups is 2. The van der Waals surface area contributed by atoms with Gasteiger partial charge in [0.1, 0.15) is 11.8 Å². The molecule has 1 atom stereocenters. The lowest BCUT2D eigenvalue weighted by Gasteiger charge is -2.28. The molecule has 0 aliphatic heterocycles. The Bertz CT molecular complexity index is 846. The van der Waals surface area contributed by atoms with E-state index in [9.17, 15) is 9.59 Å². The second-order valence-electron chi connectivity index (χ2n) is 6.88. The summed E-state index contributed by atoms with van der Waals surface area (Å²) >= 11 is 6.94. The van der Waals surface area contributed by atoms with E-state index in [0.717, 1.165) is 25.6 Å². The van der Waals surface area contributed by atoms with E-state index in [-0.39, 0.29) is 18.4 Å². The first-order valence-corrected chi connectivity index (χ1v) is 11.0. The summed E-state index contributed by atoms with van der Waals surface area (Å²) in [6.07, 6.45) is 0. The summed E-state index contributed by atoms with van der Waals surface area (Å²) in [7, 11) is 0. The third kappa shape index (κ3) is 6.57. The summed E-state index contributed by atoms with van der Waals surface area (Å²) in [6.45, 7) is 8.23. The van der Waals surface area contributed by atoms with Gasteiger partial charge in [-0.3, -0.25) is 9.59 Å². The number of hydrogen-bond acceptors (Lipinski definition) is 3. The highest BCUT2D eigenvalue weighted by molar-refractivity contribution is 9.10. The van der Waals surface area contributed by atoms with E-state index in [1.165, 1.54) is 0 Å². The SMILES string of the molecule is CCNC(=O)[C@@H](C)N(Cc1ccc(Br)cc1)C(=O)COc1cc(C)c(Br)c(C)c1. The van der Waals surface area contributed by atoms with Crippen molar-refractivity contribution >= 4 is 43.7 Å². The minimum atomic E-state index is -0.608. The summed E-state index contributed by atoms with van der Waals surface area (Å²) in [5, 5.41) is 2.78. The van der Waals surface area contributed by atoms with E-state index in [1.54, 1.807) is 11.8 Å². The molecule has 2 aromatic carbocycles. The Hall–Kier alpha value is -1.86. The van der Waals surface area contributed by atoms with Crippen molar-refractivity contribution < 1.29 is 14.3 Å². The van der Waals surface area contributed by atoms with Crippen LogP contribution in [0.15, 0.2) is 45.3 Å². The summed E-state index contributed by atoms with van der Waals surface area (Å²) in [5.74, 6) is 0.198. The van der Waals surface area contributed by atoms with E-state index in [0.29, 0.717) is 18.8 Å². The smallest absolute Gasteiger partial charge is 0.261 e. The first-order chi connectivity index (χ1) is 13.7. The van der Waals surface area contributed by atoms with E-state index in [1.807, 2.05) is 57.2 Å². The molecule has 5 nitrogen and oxygen atoms in total. The highest BCUT2D eigenvalue weighted by Gasteiger charge is 2.26. The molecule has 1 N–H and O–H groups in total. The molecule has 0 radical (unpaired) electrons. The Balaban J connectivity index is 2.16. The molecule has 0 aromatic heterocycles. The maximum atomic E-state index is 13.0. The predicted molar refractivity (Wildman–Crippen MR) is 122 cm³/mol. The fourth-order valence-corrected chi connectivity index (χ4v) is 3.40. The first kappa shape index (κ1) is 23.4. The molecule has 2 rings (SSSR count). The molecule has 0 aliphatic rings. The highest BCUT2D eigenvalue weighted by Crippen LogP contribution is 2.26. The number of hydrogen-bond donors (Lipinski definition) is 1. The number of amides is 2. The van der Waals surface area contributed by atoms with Gasteiger partial charge in [0, 0.05) is 22.0 Å². The van der Waals surface area contributed by atoms with Gasteiger partial charge in [-0.2, -0.15) is 0 Å². The van der Waals surface area contributed by atoms with Crippen molar-refractivity contribution in [1.82, 2.24) is 10.2 Å². The van der Waals surface area contributed by atoms with E-state index in [4.69, 9.17) is 4.74 Å². The van der Waals surface area contributed by atoms with Crippen LogP contribution in [0.5, 0.6) is 5.75 Å².